The molecule has 0 bridgehead atoms. The predicted octanol–water partition coefficient (Wildman–Crippen LogP) is 1.06. The standard InChI is InChI=1S/C14H27N3O3/c1-13(2,3)20-12(19)16-7-9-17(10-8-16)14(4,5)11(18)15-6/h7-10H2,1-6H3,(H,15,18). The van der Waals surface area contributed by atoms with Gasteiger partial charge in [-0.05, 0) is 34.6 Å². The molecule has 20 heavy (non-hydrogen) atoms. The highest BCUT2D eigenvalue weighted by Crippen LogP contribution is 2.18. The fourth-order valence-electron chi connectivity index (χ4n) is 2.22. The second-order valence-corrected chi connectivity index (χ2v) is 6.59. The van der Waals surface area contributed by atoms with Gasteiger partial charge >= 0.3 is 6.09 Å². The van der Waals surface area contributed by atoms with Gasteiger partial charge in [0.25, 0.3) is 0 Å². The van der Waals surface area contributed by atoms with Crippen LogP contribution in [0, 0.1) is 0 Å². The molecule has 1 fully saturated rings. The molecule has 0 saturated carbocycles. The van der Waals surface area contributed by atoms with E-state index in [-0.39, 0.29) is 12.0 Å². The van der Waals surface area contributed by atoms with Crippen LogP contribution in [0.4, 0.5) is 4.79 Å². The largest absolute Gasteiger partial charge is 0.444 e. The van der Waals surface area contributed by atoms with Crippen LogP contribution in [0.5, 0.6) is 0 Å². The number of ether oxygens (including phenoxy) is 1. The van der Waals surface area contributed by atoms with Crippen molar-refractivity contribution in [1.82, 2.24) is 15.1 Å². The fourth-order valence-corrected chi connectivity index (χ4v) is 2.22. The number of amides is 2. The van der Waals surface area contributed by atoms with Crippen molar-refractivity contribution in [3.63, 3.8) is 0 Å². The van der Waals surface area contributed by atoms with Crippen LogP contribution in [0.15, 0.2) is 0 Å². The zero-order valence-electron chi connectivity index (χ0n) is 13.4. The fraction of sp³-hybridized carbons (Fsp3) is 0.857. The van der Waals surface area contributed by atoms with Crippen LogP contribution in [0.25, 0.3) is 0 Å². The molecule has 0 aromatic rings. The zero-order valence-corrected chi connectivity index (χ0v) is 13.4. The van der Waals surface area contributed by atoms with Gasteiger partial charge in [0.1, 0.15) is 5.60 Å². The predicted molar refractivity (Wildman–Crippen MR) is 77.5 cm³/mol. The number of carbonyl (C=O) groups is 2. The van der Waals surface area contributed by atoms with Crippen molar-refractivity contribution >= 4 is 12.0 Å². The number of rotatable bonds is 2. The third kappa shape index (κ3) is 4.10. The van der Waals surface area contributed by atoms with E-state index in [0.717, 1.165) is 0 Å². The Labute approximate surface area is 121 Å². The van der Waals surface area contributed by atoms with E-state index >= 15 is 0 Å². The highest BCUT2D eigenvalue weighted by atomic mass is 16.6. The molecule has 1 aliphatic rings. The van der Waals surface area contributed by atoms with Gasteiger partial charge in [0.2, 0.25) is 5.91 Å². The molecule has 0 spiro atoms. The summed E-state index contributed by atoms with van der Waals surface area (Å²) in [6.07, 6.45) is -0.283. The van der Waals surface area contributed by atoms with E-state index in [1.54, 1.807) is 11.9 Å². The molecular formula is C14H27N3O3. The van der Waals surface area contributed by atoms with E-state index in [0.29, 0.717) is 26.2 Å². The normalized spacial score (nSPS) is 17.8. The molecule has 0 atom stereocenters. The maximum absolute atomic E-state index is 12.0. The molecule has 0 aromatic heterocycles. The number of carbonyl (C=O) groups excluding carboxylic acids is 2. The molecule has 6 heteroatoms. The van der Waals surface area contributed by atoms with Crippen LogP contribution in [0.3, 0.4) is 0 Å². The average Bonchev–Trinajstić information content (AvgIpc) is 2.35. The van der Waals surface area contributed by atoms with Crippen molar-refractivity contribution in [2.24, 2.45) is 0 Å². The highest BCUT2D eigenvalue weighted by Gasteiger charge is 2.37. The van der Waals surface area contributed by atoms with Gasteiger partial charge in [0, 0.05) is 33.2 Å². The molecule has 1 heterocycles. The van der Waals surface area contributed by atoms with E-state index in [1.807, 2.05) is 34.6 Å². The van der Waals surface area contributed by atoms with Crippen molar-refractivity contribution < 1.29 is 14.3 Å². The van der Waals surface area contributed by atoms with Gasteiger partial charge in [-0.1, -0.05) is 0 Å². The zero-order chi connectivity index (χ0) is 15.6. The molecule has 1 N–H and O–H groups in total. The van der Waals surface area contributed by atoms with Crippen LogP contribution in [0.1, 0.15) is 34.6 Å². The summed E-state index contributed by atoms with van der Waals surface area (Å²) >= 11 is 0. The van der Waals surface area contributed by atoms with Crippen LogP contribution >= 0.6 is 0 Å². The number of hydrogen-bond acceptors (Lipinski definition) is 4. The van der Waals surface area contributed by atoms with Gasteiger partial charge in [-0.3, -0.25) is 9.69 Å². The average molecular weight is 285 g/mol. The molecule has 0 radical (unpaired) electrons. The first-order valence-electron chi connectivity index (χ1n) is 7.03. The van der Waals surface area contributed by atoms with Crippen LogP contribution in [0.2, 0.25) is 0 Å². The lowest BCUT2D eigenvalue weighted by Gasteiger charge is -2.42. The molecular weight excluding hydrogens is 258 g/mol. The van der Waals surface area contributed by atoms with Crippen molar-refractivity contribution in [1.29, 1.82) is 0 Å². The summed E-state index contributed by atoms with van der Waals surface area (Å²) in [6, 6.07) is 0. The Hall–Kier alpha value is -1.30. The Bertz CT molecular complexity index is 366. The summed E-state index contributed by atoms with van der Waals surface area (Å²) in [6.45, 7) is 11.9. The first-order valence-corrected chi connectivity index (χ1v) is 7.03. The monoisotopic (exact) mass is 285 g/mol. The summed E-state index contributed by atoms with van der Waals surface area (Å²) in [7, 11) is 1.64. The Morgan fingerprint density at radius 2 is 1.50 bits per heavy atom. The van der Waals surface area contributed by atoms with Crippen molar-refractivity contribution in [3.05, 3.63) is 0 Å². The van der Waals surface area contributed by atoms with Crippen molar-refractivity contribution in [2.45, 2.75) is 45.8 Å². The minimum Gasteiger partial charge on any atom is -0.444 e. The first kappa shape index (κ1) is 16.8. The Kier molecular flexibility index (Phi) is 5.02. The lowest BCUT2D eigenvalue weighted by Crippen LogP contribution is -2.61. The number of nitrogens with one attached hydrogen (secondary N) is 1. The minimum atomic E-state index is -0.561. The Morgan fingerprint density at radius 3 is 1.90 bits per heavy atom. The lowest BCUT2D eigenvalue weighted by atomic mass is 10.0. The van der Waals surface area contributed by atoms with E-state index in [1.165, 1.54) is 0 Å². The molecule has 1 rings (SSSR count). The van der Waals surface area contributed by atoms with Gasteiger partial charge < -0.3 is 15.0 Å². The topological polar surface area (TPSA) is 61.9 Å². The van der Waals surface area contributed by atoms with E-state index in [4.69, 9.17) is 4.74 Å². The molecule has 6 nitrogen and oxygen atoms in total. The second-order valence-electron chi connectivity index (χ2n) is 6.59. The molecule has 0 unspecified atom stereocenters. The number of piperazine rings is 1. The van der Waals surface area contributed by atoms with Gasteiger partial charge in [-0.2, -0.15) is 0 Å². The Morgan fingerprint density at radius 1 is 1.00 bits per heavy atom. The van der Waals surface area contributed by atoms with Gasteiger partial charge in [-0.15, -0.1) is 0 Å². The summed E-state index contributed by atoms with van der Waals surface area (Å²) in [4.78, 5) is 27.6. The summed E-state index contributed by atoms with van der Waals surface area (Å²) in [5, 5.41) is 2.68. The quantitative estimate of drug-likeness (QED) is 0.824. The van der Waals surface area contributed by atoms with Crippen LogP contribution in [-0.4, -0.2) is 66.2 Å². The minimum absolute atomic E-state index is 0.0109. The molecule has 2 amide bonds. The van der Waals surface area contributed by atoms with Gasteiger partial charge in [0.15, 0.2) is 0 Å². The first-order chi connectivity index (χ1) is 9.08. The molecule has 1 aliphatic heterocycles. The van der Waals surface area contributed by atoms with Crippen molar-refractivity contribution in [2.75, 3.05) is 33.2 Å². The van der Waals surface area contributed by atoms with E-state index in [9.17, 15) is 9.59 Å². The molecule has 116 valence electrons. The smallest absolute Gasteiger partial charge is 0.410 e. The summed E-state index contributed by atoms with van der Waals surface area (Å²) in [5.74, 6) is -0.0109. The number of hydrogen-bond donors (Lipinski definition) is 1. The number of nitrogens with zero attached hydrogens (tertiary/aromatic N) is 2. The van der Waals surface area contributed by atoms with E-state index < -0.39 is 11.1 Å². The van der Waals surface area contributed by atoms with Crippen LogP contribution in [-0.2, 0) is 9.53 Å². The van der Waals surface area contributed by atoms with Gasteiger partial charge in [0.05, 0.1) is 5.54 Å². The second kappa shape index (κ2) is 5.99. The third-order valence-electron chi connectivity index (χ3n) is 3.50. The maximum Gasteiger partial charge on any atom is 0.410 e. The van der Waals surface area contributed by atoms with E-state index in [2.05, 4.69) is 10.2 Å². The third-order valence-corrected chi connectivity index (χ3v) is 3.50. The summed E-state index contributed by atoms with van der Waals surface area (Å²) in [5.41, 5.74) is -1.04. The summed E-state index contributed by atoms with van der Waals surface area (Å²) < 4.78 is 5.36. The number of likely N-dealkylation sites (N-methyl/N-ethyl adjacent to an activating group) is 1. The SMILES string of the molecule is CNC(=O)C(C)(C)N1CCN(C(=O)OC(C)(C)C)CC1. The molecule has 0 aromatic carbocycles. The van der Waals surface area contributed by atoms with Crippen LogP contribution < -0.4 is 5.32 Å². The maximum atomic E-state index is 12.0. The highest BCUT2D eigenvalue weighted by molar-refractivity contribution is 5.85. The molecule has 0 aliphatic carbocycles. The van der Waals surface area contributed by atoms with Gasteiger partial charge in [-0.25, -0.2) is 4.79 Å². The Balaban J connectivity index is 2.56. The molecule has 1 saturated heterocycles. The lowest BCUT2D eigenvalue weighted by molar-refractivity contribution is -0.132. The van der Waals surface area contributed by atoms with Crippen molar-refractivity contribution in [3.8, 4) is 0 Å².